The molecule has 0 radical (unpaired) electrons. The van der Waals surface area contributed by atoms with Gasteiger partial charge in [-0.25, -0.2) is 4.79 Å². The van der Waals surface area contributed by atoms with Gasteiger partial charge in [-0.1, -0.05) is 54.4 Å². The molecule has 1 aliphatic rings. The van der Waals surface area contributed by atoms with Crippen molar-refractivity contribution in [1.82, 2.24) is 0 Å². The minimum absolute atomic E-state index is 0.0139. The van der Waals surface area contributed by atoms with Crippen molar-refractivity contribution in [3.05, 3.63) is 81.3 Å². The fraction of sp³-hybridized carbons (Fsp3) is 0.259. The second-order valence-electron chi connectivity index (χ2n) is 8.83. The van der Waals surface area contributed by atoms with Crippen LogP contribution in [0.5, 0.6) is 5.75 Å². The van der Waals surface area contributed by atoms with Gasteiger partial charge in [-0.3, -0.25) is 4.79 Å². The molecule has 38 heavy (non-hydrogen) atoms. The zero-order valence-corrected chi connectivity index (χ0v) is 21.7. The summed E-state index contributed by atoms with van der Waals surface area (Å²) < 4.78 is 49.1. The van der Waals surface area contributed by atoms with E-state index in [0.29, 0.717) is 11.1 Å². The molecular weight excluding hydrogens is 546 g/mol. The first-order valence-corrected chi connectivity index (χ1v) is 12.2. The number of carbonyl (C=O) groups is 2. The van der Waals surface area contributed by atoms with Gasteiger partial charge in [0, 0.05) is 17.5 Å². The van der Waals surface area contributed by atoms with E-state index in [1.165, 1.54) is 48.2 Å². The van der Waals surface area contributed by atoms with Crippen LogP contribution in [-0.4, -0.2) is 41.4 Å². The van der Waals surface area contributed by atoms with Crippen LogP contribution in [0.1, 0.15) is 41.3 Å². The van der Waals surface area contributed by atoms with Gasteiger partial charge in [0.15, 0.2) is 12.2 Å². The highest BCUT2D eigenvalue weighted by molar-refractivity contribution is 6.33. The summed E-state index contributed by atoms with van der Waals surface area (Å²) >= 11 is 12.4. The van der Waals surface area contributed by atoms with E-state index in [0.717, 1.165) is 12.1 Å². The molecule has 4 rings (SSSR count). The Morgan fingerprint density at radius 2 is 1.71 bits per heavy atom. The molecule has 0 bridgehead atoms. The Bertz CT molecular complexity index is 1430. The van der Waals surface area contributed by atoms with Gasteiger partial charge in [0.25, 0.3) is 5.91 Å². The summed E-state index contributed by atoms with van der Waals surface area (Å²) in [6.45, 7) is 2.86. The number of fused-ring (bicyclic) bond motifs is 1. The van der Waals surface area contributed by atoms with Crippen molar-refractivity contribution in [2.45, 2.75) is 31.5 Å². The average Bonchev–Trinajstić information content (AvgIpc) is 2.86. The van der Waals surface area contributed by atoms with Gasteiger partial charge in [-0.2, -0.15) is 13.2 Å². The maximum atomic E-state index is 14.6. The number of amides is 1. The van der Waals surface area contributed by atoms with Crippen LogP contribution in [0.4, 0.5) is 18.9 Å². The third-order valence-electron chi connectivity index (χ3n) is 6.71. The van der Waals surface area contributed by atoms with Crippen molar-refractivity contribution in [2.75, 3.05) is 18.1 Å². The molecule has 1 amide bonds. The SMILES string of the molecule is CCN1C(=O)COc2ccc(C(O)(C(C)c3ccc(-c4ccc(Cl)c(C(=O)O)c4)cc3Cl)C(F)(F)F)cc21. The van der Waals surface area contributed by atoms with Gasteiger partial charge in [-0.05, 0) is 59.5 Å². The molecule has 1 aliphatic heterocycles. The Labute approximate surface area is 226 Å². The molecule has 0 spiro atoms. The van der Waals surface area contributed by atoms with Gasteiger partial charge in [0.2, 0.25) is 0 Å². The second kappa shape index (κ2) is 10.1. The maximum absolute atomic E-state index is 14.6. The topological polar surface area (TPSA) is 87.1 Å². The number of alkyl halides is 3. The van der Waals surface area contributed by atoms with Crippen LogP contribution in [0.2, 0.25) is 10.0 Å². The van der Waals surface area contributed by atoms with Crippen LogP contribution in [-0.2, 0) is 10.4 Å². The van der Waals surface area contributed by atoms with E-state index in [4.69, 9.17) is 27.9 Å². The number of carbonyl (C=O) groups excluding carboxylic acids is 1. The molecule has 2 unspecified atom stereocenters. The van der Waals surface area contributed by atoms with Crippen molar-refractivity contribution in [3.63, 3.8) is 0 Å². The number of carboxylic acid groups (broad SMARTS) is 1. The summed E-state index contributed by atoms with van der Waals surface area (Å²) in [5, 5.41) is 20.6. The van der Waals surface area contributed by atoms with E-state index in [-0.39, 0.29) is 45.8 Å². The molecule has 3 aromatic rings. The molecule has 200 valence electrons. The van der Waals surface area contributed by atoms with Crippen molar-refractivity contribution in [1.29, 1.82) is 0 Å². The molecule has 2 N–H and O–H groups in total. The third-order valence-corrected chi connectivity index (χ3v) is 7.37. The Hall–Kier alpha value is -3.27. The summed E-state index contributed by atoms with van der Waals surface area (Å²) in [7, 11) is 0. The van der Waals surface area contributed by atoms with Gasteiger partial charge < -0.3 is 19.8 Å². The van der Waals surface area contributed by atoms with Crippen LogP contribution in [0.3, 0.4) is 0 Å². The summed E-state index contributed by atoms with van der Waals surface area (Å²) in [5.74, 6) is -2.98. The molecule has 1 heterocycles. The number of hydrogen-bond acceptors (Lipinski definition) is 4. The van der Waals surface area contributed by atoms with Gasteiger partial charge in [-0.15, -0.1) is 0 Å². The van der Waals surface area contributed by atoms with Crippen LogP contribution >= 0.6 is 23.2 Å². The van der Waals surface area contributed by atoms with Crippen molar-refractivity contribution in [2.24, 2.45) is 0 Å². The first-order valence-electron chi connectivity index (χ1n) is 11.5. The van der Waals surface area contributed by atoms with Crippen molar-refractivity contribution >= 4 is 40.8 Å². The Morgan fingerprint density at radius 3 is 2.32 bits per heavy atom. The molecule has 6 nitrogen and oxygen atoms in total. The number of aliphatic hydroxyl groups is 1. The number of aromatic carboxylic acids is 1. The first kappa shape index (κ1) is 27.8. The summed E-state index contributed by atoms with van der Waals surface area (Å²) in [6.07, 6.45) is -5.12. The number of benzene rings is 3. The summed E-state index contributed by atoms with van der Waals surface area (Å²) in [4.78, 5) is 25.0. The molecule has 0 saturated carbocycles. The van der Waals surface area contributed by atoms with Crippen LogP contribution in [0.25, 0.3) is 11.1 Å². The van der Waals surface area contributed by atoms with E-state index >= 15 is 0 Å². The van der Waals surface area contributed by atoms with E-state index in [1.807, 2.05) is 0 Å². The van der Waals surface area contributed by atoms with Crippen LogP contribution < -0.4 is 9.64 Å². The fourth-order valence-electron chi connectivity index (χ4n) is 4.60. The van der Waals surface area contributed by atoms with Crippen LogP contribution in [0, 0.1) is 0 Å². The van der Waals surface area contributed by atoms with E-state index in [1.54, 1.807) is 13.0 Å². The third kappa shape index (κ3) is 4.70. The second-order valence-corrected chi connectivity index (χ2v) is 9.65. The molecule has 3 aromatic carbocycles. The standard InChI is InChI=1S/C27H22Cl2F3NO5/c1-3-33-22-12-17(6-9-23(22)38-13-24(33)34)26(37,27(30,31)32)14(2)18-7-4-16(11-21(18)29)15-5-8-20(28)19(10-15)25(35)36/h4-12,14,37H,3,13H2,1-2H3,(H,35,36). The quantitative estimate of drug-likeness (QED) is 0.348. The maximum Gasteiger partial charge on any atom is 0.422 e. The molecule has 0 aromatic heterocycles. The predicted octanol–water partition coefficient (Wildman–Crippen LogP) is 6.66. The Balaban J connectivity index is 1.78. The molecule has 0 aliphatic carbocycles. The van der Waals surface area contributed by atoms with Crippen molar-refractivity contribution in [3.8, 4) is 16.9 Å². The number of rotatable bonds is 6. The lowest BCUT2D eigenvalue weighted by molar-refractivity contribution is -0.274. The number of carboxylic acids is 1. The predicted molar refractivity (Wildman–Crippen MR) is 137 cm³/mol. The summed E-state index contributed by atoms with van der Waals surface area (Å²) in [6, 6.07) is 12.1. The zero-order chi connectivity index (χ0) is 28.0. The fourth-order valence-corrected chi connectivity index (χ4v) is 5.14. The lowest BCUT2D eigenvalue weighted by Crippen LogP contribution is -2.47. The average molecular weight is 568 g/mol. The smallest absolute Gasteiger partial charge is 0.422 e. The molecule has 2 atom stereocenters. The van der Waals surface area contributed by atoms with Crippen LogP contribution in [0.15, 0.2) is 54.6 Å². The first-order chi connectivity index (χ1) is 17.8. The van der Waals surface area contributed by atoms with E-state index in [9.17, 15) is 33.0 Å². The van der Waals surface area contributed by atoms with Crippen molar-refractivity contribution < 1.29 is 37.7 Å². The van der Waals surface area contributed by atoms with E-state index < -0.39 is 35.1 Å². The number of anilines is 1. The lowest BCUT2D eigenvalue weighted by Gasteiger charge is -2.38. The molecule has 0 saturated heterocycles. The Kier molecular flexibility index (Phi) is 7.40. The Morgan fingerprint density at radius 1 is 1.05 bits per heavy atom. The highest BCUT2D eigenvalue weighted by Crippen LogP contribution is 2.51. The summed E-state index contributed by atoms with van der Waals surface area (Å²) in [5.41, 5.74) is -2.95. The number of nitrogens with zero attached hydrogens (tertiary/aromatic N) is 1. The molecule has 0 fully saturated rings. The number of hydrogen-bond donors (Lipinski definition) is 2. The highest BCUT2D eigenvalue weighted by atomic mass is 35.5. The van der Waals surface area contributed by atoms with E-state index in [2.05, 4.69) is 0 Å². The number of ether oxygens (including phenoxy) is 1. The largest absolute Gasteiger partial charge is 0.482 e. The minimum Gasteiger partial charge on any atom is -0.482 e. The molecular formula is C27H22Cl2F3NO5. The number of halogens is 5. The van der Waals surface area contributed by atoms with Gasteiger partial charge in [0.1, 0.15) is 5.75 Å². The van der Waals surface area contributed by atoms with Gasteiger partial charge in [0.05, 0.1) is 16.3 Å². The highest BCUT2D eigenvalue weighted by Gasteiger charge is 2.59. The number of likely N-dealkylation sites (N-methyl/N-ethyl adjacent to an activating group) is 1. The normalized spacial score (nSPS) is 15.9. The van der Waals surface area contributed by atoms with Gasteiger partial charge >= 0.3 is 12.1 Å². The zero-order valence-electron chi connectivity index (χ0n) is 20.1. The minimum atomic E-state index is -5.12. The molecule has 11 heteroatoms. The lowest BCUT2D eigenvalue weighted by atomic mass is 9.77. The monoisotopic (exact) mass is 567 g/mol.